The first-order valence-electron chi connectivity index (χ1n) is 7.26. The van der Waals surface area contributed by atoms with Crippen LogP contribution in [0.3, 0.4) is 0 Å². The molecule has 1 amide bonds. The molecule has 0 aliphatic carbocycles. The van der Waals surface area contributed by atoms with E-state index in [-0.39, 0.29) is 16.3 Å². The van der Waals surface area contributed by atoms with E-state index >= 15 is 0 Å². The molecule has 5 nitrogen and oxygen atoms in total. The molecule has 2 atom stereocenters. The molecule has 0 saturated heterocycles. The van der Waals surface area contributed by atoms with E-state index in [1.165, 1.54) is 24.4 Å². The third-order valence-electron chi connectivity index (χ3n) is 3.67. The van der Waals surface area contributed by atoms with Crippen molar-refractivity contribution in [3.05, 3.63) is 40.9 Å². The Hall–Kier alpha value is -2.42. The maximum atomic E-state index is 12.8. The number of nitrogens with one attached hydrogen (secondary N) is 1. The molecule has 0 aliphatic rings. The Labute approximate surface area is 145 Å². The van der Waals surface area contributed by atoms with Gasteiger partial charge in [0.15, 0.2) is 0 Å². The Morgan fingerprint density at radius 1 is 1.28 bits per heavy atom. The van der Waals surface area contributed by atoms with E-state index < -0.39 is 35.6 Å². The van der Waals surface area contributed by atoms with Gasteiger partial charge in [0, 0.05) is 17.0 Å². The quantitative estimate of drug-likeness (QED) is 0.839. The number of alkyl halides is 3. The second-order valence-electron chi connectivity index (χ2n) is 5.51. The topological polar surface area (TPSA) is 79.3 Å². The summed E-state index contributed by atoms with van der Waals surface area (Å²) in [6.07, 6.45) is -4.46. The van der Waals surface area contributed by atoms with E-state index in [0.29, 0.717) is 0 Å². The van der Waals surface area contributed by atoms with Gasteiger partial charge in [0.25, 0.3) is 5.91 Å². The van der Waals surface area contributed by atoms with E-state index in [1.807, 2.05) is 0 Å². The standard InChI is InChI=1S/C16H15F3N2O3S/c1-8(15(23)24)9(2)20-13(22)12-7-25-14(21-12)10-4-3-5-11(6-10)16(17,18)19/h3-9H,1-2H3,(H,20,22)(H,23,24). The van der Waals surface area contributed by atoms with Crippen molar-refractivity contribution in [2.45, 2.75) is 26.1 Å². The monoisotopic (exact) mass is 372 g/mol. The van der Waals surface area contributed by atoms with Gasteiger partial charge in [-0.3, -0.25) is 9.59 Å². The lowest BCUT2D eigenvalue weighted by Crippen LogP contribution is -2.40. The summed E-state index contributed by atoms with van der Waals surface area (Å²) in [5, 5.41) is 13.1. The molecule has 9 heteroatoms. The largest absolute Gasteiger partial charge is 0.481 e. The highest BCUT2D eigenvalue weighted by Crippen LogP contribution is 2.33. The predicted molar refractivity (Wildman–Crippen MR) is 86.3 cm³/mol. The molecule has 134 valence electrons. The number of carboxylic acid groups (broad SMARTS) is 1. The van der Waals surface area contributed by atoms with Gasteiger partial charge in [-0.1, -0.05) is 12.1 Å². The molecule has 1 aromatic carbocycles. The van der Waals surface area contributed by atoms with Crippen molar-refractivity contribution in [1.82, 2.24) is 10.3 Å². The first-order valence-corrected chi connectivity index (χ1v) is 8.14. The van der Waals surface area contributed by atoms with Gasteiger partial charge >= 0.3 is 12.1 Å². The Morgan fingerprint density at radius 3 is 2.56 bits per heavy atom. The Kier molecular flexibility index (Phi) is 5.46. The van der Waals surface area contributed by atoms with E-state index in [0.717, 1.165) is 23.5 Å². The van der Waals surface area contributed by atoms with Gasteiger partial charge in [-0.25, -0.2) is 4.98 Å². The van der Waals surface area contributed by atoms with E-state index in [4.69, 9.17) is 5.11 Å². The van der Waals surface area contributed by atoms with Crippen molar-refractivity contribution < 1.29 is 27.9 Å². The number of thiazole rings is 1. The van der Waals surface area contributed by atoms with Crippen molar-refractivity contribution in [2.24, 2.45) is 5.92 Å². The second-order valence-corrected chi connectivity index (χ2v) is 6.36. The van der Waals surface area contributed by atoms with Crippen LogP contribution in [0.5, 0.6) is 0 Å². The summed E-state index contributed by atoms with van der Waals surface area (Å²) in [5.41, 5.74) is -0.511. The van der Waals surface area contributed by atoms with E-state index in [1.54, 1.807) is 6.92 Å². The number of rotatable bonds is 5. The van der Waals surface area contributed by atoms with Gasteiger partial charge in [0.05, 0.1) is 11.5 Å². The van der Waals surface area contributed by atoms with Crippen LogP contribution in [0, 0.1) is 5.92 Å². The highest BCUT2D eigenvalue weighted by atomic mass is 32.1. The molecular weight excluding hydrogens is 357 g/mol. The zero-order chi connectivity index (χ0) is 18.8. The molecule has 25 heavy (non-hydrogen) atoms. The smallest absolute Gasteiger partial charge is 0.416 e. The molecule has 0 saturated carbocycles. The lowest BCUT2D eigenvalue weighted by Gasteiger charge is -2.16. The van der Waals surface area contributed by atoms with Crippen molar-refractivity contribution in [2.75, 3.05) is 0 Å². The molecule has 0 fully saturated rings. The van der Waals surface area contributed by atoms with Crippen LogP contribution in [0.4, 0.5) is 13.2 Å². The number of halogens is 3. The van der Waals surface area contributed by atoms with Crippen molar-refractivity contribution in [3.8, 4) is 10.6 Å². The van der Waals surface area contributed by atoms with Crippen LogP contribution in [-0.4, -0.2) is 28.0 Å². The summed E-state index contributed by atoms with van der Waals surface area (Å²) in [6, 6.07) is 4.06. The number of benzene rings is 1. The number of aromatic nitrogens is 1. The van der Waals surface area contributed by atoms with Crippen LogP contribution in [0.2, 0.25) is 0 Å². The summed E-state index contributed by atoms with van der Waals surface area (Å²) < 4.78 is 38.3. The lowest BCUT2D eigenvalue weighted by molar-refractivity contribution is -0.142. The Bertz CT molecular complexity index is 789. The van der Waals surface area contributed by atoms with Crippen LogP contribution < -0.4 is 5.32 Å². The molecule has 2 N–H and O–H groups in total. The minimum Gasteiger partial charge on any atom is -0.481 e. The minimum absolute atomic E-state index is 0.0295. The summed E-state index contributed by atoms with van der Waals surface area (Å²) in [5.74, 6) is -2.41. The van der Waals surface area contributed by atoms with Gasteiger partial charge in [0.1, 0.15) is 10.7 Å². The normalized spacial score (nSPS) is 14.0. The van der Waals surface area contributed by atoms with Crippen LogP contribution in [0.1, 0.15) is 29.9 Å². The number of carbonyl (C=O) groups is 2. The third kappa shape index (κ3) is 4.56. The van der Waals surface area contributed by atoms with Crippen LogP contribution in [0.15, 0.2) is 29.6 Å². The average Bonchev–Trinajstić information content (AvgIpc) is 3.03. The molecule has 2 rings (SSSR count). The predicted octanol–water partition coefficient (Wildman–Crippen LogP) is 3.67. The number of hydrogen-bond acceptors (Lipinski definition) is 4. The number of carboxylic acids is 1. The number of nitrogens with zero attached hydrogens (tertiary/aromatic N) is 1. The number of aliphatic carboxylic acids is 1. The second kappa shape index (κ2) is 7.22. The number of amides is 1. The highest BCUT2D eigenvalue weighted by molar-refractivity contribution is 7.13. The third-order valence-corrected chi connectivity index (χ3v) is 4.56. The zero-order valence-corrected chi connectivity index (χ0v) is 14.1. The van der Waals surface area contributed by atoms with Crippen LogP contribution >= 0.6 is 11.3 Å². The molecule has 1 aromatic heterocycles. The minimum atomic E-state index is -4.46. The lowest BCUT2D eigenvalue weighted by atomic mass is 10.0. The fourth-order valence-corrected chi connectivity index (χ4v) is 2.76. The summed E-state index contributed by atoms with van der Waals surface area (Å²) in [4.78, 5) is 27.1. The van der Waals surface area contributed by atoms with Crippen molar-refractivity contribution in [1.29, 1.82) is 0 Å². The number of hydrogen-bond donors (Lipinski definition) is 2. The van der Waals surface area contributed by atoms with Crippen LogP contribution in [0.25, 0.3) is 10.6 Å². The SMILES string of the molecule is CC(NC(=O)c1csc(-c2cccc(C(F)(F)F)c2)n1)C(C)C(=O)O. The number of carbonyl (C=O) groups excluding carboxylic acids is 1. The van der Waals surface area contributed by atoms with Gasteiger partial charge < -0.3 is 10.4 Å². The van der Waals surface area contributed by atoms with Crippen molar-refractivity contribution in [3.63, 3.8) is 0 Å². The van der Waals surface area contributed by atoms with Crippen LogP contribution in [-0.2, 0) is 11.0 Å². The molecule has 0 spiro atoms. The van der Waals surface area contributed by atoms with Gasteiger partial charge in [-0.15, -0.1) is 11.3 Å². The molecule has 1 heterocycles. The fraction of sp³-hybridized carbons (Fsp3) is 0.312. The first-order chi connectivity index (χ1) is 11.6. The molecule has 2 unspecified atom stereocenters. The molecule has 2 aromatic rings. The van der Waals surface area contributed by atoms with Gasteiger partial charge in [-0.05, 0) is 26.0 Å². The Balaban J connectivity index is 2.17. The molecule has 0 aliphatic heterocycles. The molecule has 0 bridgehead atoms. The van der Waals surface area contributed by atoms with Crippen molar-refractivity contribution >= 4 is 23.2 Å². The zero-order valence-electron chi connectivity index (χ0n) is 13.3. The summed E-state index contributed by atoms with van der Waals surface area (Å²) in [6.45, 7) is 3.01. The Morgan fingerprint density at radius 2 is 1.96 bits per heavy atom. The summed E-state index contributed by atoms with van der Waals surface area (Å²) >= 11 is 1.04. The maximum Gasteiger partial charge on any atom is 0.416 e. The molecule has 0 radical (unpaired) electrons. The summed E-state index contributed by atoms with van der Waals surface area (Å²) in [7, 11) is 0. The van der Waals surface area contributed by atoms with E-state index in [2.05, 4.69) is 10.3 Å². The average molecular weight is 372 g/mol. The maximum absolute atomic E-state index is 12.8. The molecular formula is C16H15F3N2O3S. The highest BCUT2D eigenvalue weighted by Gasteiger charge is 2.30. The van der Waals surface area contributed by atoms with E-state index in [9.17, 15) is 22.8 Å². The van der Waals surface area contributed by atoms with Gasteiger partial charge in [-0.2, -0.15) is 13.2 Å². The van der Waals surface area contributed by atoms with Gasteiger partial charge in [0.2, 0.25) is 0 Å². The fourth-order valence-electron chi connectivity index (χ4n) is 1.96. The first kappa shape index (κ1) is 18.9.